The van der Waals surface area contributed by atoms with E-state index in [2.05, 4.69) is 5.32 Å². The Bertz CT molecular complexity index is 569. The van der Waals surface area contributed by atoms with Crippen molar-refractivity contribution < 1.29 is 13.3 Å². The van der Waals surface area contributed by atoms with E-state index in [-0.39, 0.29) is 23.2 Å². The third-order valence-corrected chi connectivity index (χ3v) is 4.58. The van der Waals surface area contributed by atoms with E-state index >= 15 is 0 Å². The first-order valence-corrected chi connectivity index (χ1v) is 7.79. The summed E-state index contributed by atoms with van der Waals surface area (Å²) in [6.07, 6.45) is 0. The van der Waals surface area contributed by atoms with Gasteiger partial charge < -0.3 is 5.32 Å². The normalized spacial score (nSPS) is 13.0. The van der Waals surface area contributed by atoms with Crippen molar-refractivity contribution in [3.63, 3.8) is 0 Å². The molecule has 1 rings (SSSR count). The largest absolute Gasteiger partial charge is 0.376 e. The summed E-state index contributed by atoms with van der Waals surface area (Å²) < 4.78 is 23.0. The van der Waals surface area contributed by atoms with Crippen LogP contribution in [0.2, 0.25) is 0 Å². The zero-order valence-corrected chi connectivity index (χ0v) is 12.0. The smallest absolute Gasteiger partial charge is 0.292 e. The number of nitro groups is 1. The van der Waals surface area contributed by atoms with Gasteiger partial charge in [0.05, 0.1) is 10.7 Å². The van der Waals surface area contributed by atoms with Gasteiger partial charge >= 0.3 is 0 Å². The molecule has 0 aliphatic carbocycles. The number of hydrogen-bond donors (Lipinski definition) is 1. The van der Waals surface area contributed by atoms with Gasteiger partial charge in [0.1, 0.15) is 5.69 Å². The maximum Gasteiger partial charge on any atom is 0.292 e. The molecule has 0 aliphatic rings. The predicted molar refractivity (Wildman–Crippen MR) is 75.2 cm³/mol. The summed E-state index contributed by atoms with van der Waals surface area (Å²) in [6, 6.07) is 4.42. The Hall–Kier alpha value is -1.63. The van der Waals surface area contributed by atoms with Gasteiger partial charge in [-0.15, -0.1) is 0 Å². The maximum atomic E-state index is 11.5. The second-order valence-electron chi connectivity index (χ2n) is 4.52. The summed E-state index contributed by atoms with van der Waals surface area (Å²) in [5.41, 5.74) is 1.08. The van der Waals surface area contributed by atoms with Gasteiger partial charge in [-0.05, 0) is 25.5 Å². The van der Waals surface area contributed by atoms with Crippen molar-refractivity contribution in [1.29, 1.82) is 0 Å². The molecule has 0 saturated heterocycles. The molecule has 0 saturated carbocycles. The third-order valence-electron chi connectivity index (χ3n) is 2.70. The van der Waals surface area contributed by atoms with Gasteiger partial charge in [-0.3, -0.25) is 10.1 Å². The summed E-state index contributed by atoms with van der Waals surface area (Å²) in [4.78, 5) is 10.5. The number of aryl methyl sites for hydroxylation is 1. The van der Waals surface area contributed by atoms with Crippen LogP contribution in [-0.4, -0.2) is 30.9 Å². The van der Waals surface area contributed by atoms with Gasteiger partial charge in [0.15, 0.2) is 9.84 Å². The molecule has 0 bridgehead atoms. The van der Waals surface area contributed by atoms with Crippen molar-refractivity contribution in [2.45, 2.75) is 26.8 Å². The predicted octanol–water partition coefficient (Wildman–Crippen LogP) is 2.14. The van der Waals surface area contributed by atoms with Crippen LogP contribution in [0.3, 0.4) is 0 Å². The van der Waals surface area contributed by atoms with E-state index in [9.17, 15) is 18.5 Å². The monoisotopic (exact) mass is 286 g/mol. The van der Waals surface area contributed by atoms with Crippen molar-refractivity contribution in [3.05, 3.63) is 33.9 Å². The van der Waals surface area contributed by atoms with Crippen LogP contribution in [0, 0.1) is 17.0 Å². The molecule has 0 aliphatic heterocycles. The maximum absolute atomic E-state index is 11.5. The highest BCUT2D eigenvalue weighted by atomic mass is 32.2. The fourth-order valence-electron chi connectivity index (χ4n) is 1.72. The highest BCUT2D eigenvalue weighted by Gasteiger charge is 2.18. The lowest BCUT2D eigenvalue weighted by atomic mass is 10.2. The van der Waals surface area contributed by atoms with Crippen LogP contribution in [-0.2, 0) is 9.84 Å². The number of rotatable bonds is 6. The zero-order valence-electron chi connectivity index (χ0n) is 11.2. The van der Waals surface area contributed by atoms with Crippen LogP contribution in [0.15, 0.2) is 18.2 Å². The minimum Gasteiger partial charge on any atom is -0.376 e. The van der Waals surface area contributed by atoms with Gasteiger partial charge in [0.25, 0.3) is 5.69 Å². The van der Waals surface area contributed by atoms with Crippen molar-refractivity contribution in [2.75, 3.05) is 16.8 Å². The van der Waals surface area contributed by atoms with E-state index in [1.54, 1.807) is 32.9 Å². The highest BCUT2D eigenvalue weighted by molar-refractivity contribution is 7.91. The minimum atomic E-state index is -3.11. The molecule has 1 aromatic rings. The van der Waals surface area contributed by atoms with E-state index in [0.29, 0.717) is 5.69 Å². The molecule has 0 spiro atoms. The Morgan fingerprint density at radius 1 is 1.42 bits per heavy atom. The topological polar surface area (TPSA) is 89.3 Å². The highest BCUT2D eigenvalue weighted by Crippen LogP contribution is 2.26. The SMILES string of the molecule is CCS(=O)(=O)CC(C)Nc1ccc(C)cc1[N+](=O)[O-]. The number of benzene rings is 1. The number of sulfone groups is 1. The van der Waals surface area contributed by atoms with Gasteiger partial charge in [-0.2, -0.15) is 0 Å². The summed E-state index contributed by atoms with van der Waals surface area (Å²) >= 11 is 0. The summed E-state index contributed by atoms with van der Waals surface area (Å²) in [5.74, 6) is 0.0174. The molecule has 1 atom stereocenters. The molecule has 0 radical (unpaired) electrons. The molecule has 6 nitrogen and oxygen atoms in total. The van der Waals surface area contributed by atoms with Gasteiger partial charge in [-0.1, -0.05) is 13.0 Å². The van der Waals surface area contributed by atoms with Crippen LogP contribution in [0.1, 0.15) is 19.4 Å². The van der Waals surface area contributed by atoms with E-state index in [4.69, 9.17) is 0 Å². The van der Waals surface area contributed by atoms with Crippen molar-refractivity contribution in [2.24, 2.45) is 0 Å². The molecular formula is C12H18N2O4S. The number of nitrogens with one attached hydrogen (secondary N) is 1. The molecule has 1 unspecified atom stereocenters. The molecule has 0 amide bonds. The first kappa shape index (κ1) is 15.4. The lowest BCUT2D eigenvalue weighted by Crippen LogP contribution is -2.27. The molecule has 1 aromatic carbocycles. The molecule has 106 valence electrons. The lowest BCUT2D eigenvalue weighted by molar-refractivity contribution is -0.384. The zero-order chi connectivity index (χ0) is 14.6. The van der Waals surface area contributed by atoms with E-state index in [0.717, 1.165) is 5.56 Å². The average Bonchev–Trinajstić information content (AvgIpc) is 2.30. The fourth-order valence-corrected chi connectivity index (χ4v) is 2.80. The van der Waals surface area contributed by atoms with Crippen molar-refractivity contribution in [1.82, 2.24) is 0 Å². The molecule has 0 heterocycles. The lowest BCUT2D eigenvalue weighted by Gasteiger charge is -2.15. The van der Waals surface area contributed by atoms with Crippen LogP contribution in [0.25, 0.3) is 0 Å². The molecule has 7 heteroatoms. The number of nitrogens with zero attached hydrogens (tertiary/aromatic N) is 1. The molecule has 0 aromatic heterocycles. The number of hydrogen-bond acceptors (Lipinski definition) is 5. The third kappa shape index (κ3) is 4.51. The first-order chi connectivity index (χ1) is 8.75. The Morgan fingerprint density at radius 2 is 2.05 bits per heavy atom. The number of nitro benzene ring substituents is 1. The van der Waals surface area contributed by atoms with Crippen LogP contribution >= 0.6 is 0 Å². The van der Waals surface area contributed by atoms with Crippen molar-refractivity contribution in [3.8, 4) is 0 Å². The van der Waals surface area contributed by atoms with Crippen LogP contribution in [0.4, 0.5) is 11.4 Å². The second kappa shape index (κ2) is 6.01. The summed E-state index contributed by atoms with van der Waals surface area (Å²) in [6.45, 7) is 5.04. The molecular weight excluding hydrogens is 268 g/mol. The molecule has 1 N–H and O–H groups in total. The minimum absolute atomic E-state index is 0.0410. The number of anilines is 1. The summed E-state index contributed by atoms with van der Waals surface area (Å²) in [7, 11) is -3.11. The van der Waals surface area contributed by atoms with E-state index in [1.807, 2.05) is 0 Å². The van der Waals surface area contributed by atoms with Crippen LogP contribution in [0.5, 0.6) is 0 Å². The standard InChI is InChI=1S/C12H18N2O4S/c1-4-19(17,18)8-10(3)13-11-6-5-9(2)7-12(11)14(15)16/h5-7,10,13H,4,8H2,1-3H3. The van der Waals surface area contributed by atoms with Gasteiger partial charge in [0.2, 0.25) is 0 Å². The Morgan fingerprint density at radius 3 is 2.58 bits per heavy atom. The molecule has 0 fully saturated rings. The Balaban J connectivity index is 2.91. The first-order valence-electron chi connectivity index (χ1n) is 5.97. The van der Waals surface area contributed by atoms with Crippen LogP contribution < -0.4 is 5.32 Å². The van der Waals surface area contributed by atoms with E-state index in [1.165, 1.54) is 6.07 Å². The second-order valence-corrected chi connectivity index (χ2v) is 6.92. The average molecular weight is 286 g/mol. The quantitative estimate of drug-likeness (QED) is 0.639. The summed E-state index contributed by atoms with van der Waals surface area (Å²) in [5, 5.41) is 13.8. The van der Waals surface area contributed by atoms with E-state index < -0.39 is 14.8 Å². The fraction of sp³-hybridized carbons (Fsp3) is 0.500. The molecule has 19 heavy (non-hydrogen) atoms. The Labute approximate surface area is 112 Å². The Kier molecular flexibility index (Phi) is 4.88. The van der Waals surface area contributed by atoms with Gasteiger partial charge in [0, 0.05) is 17.9 Å². The van der Waals surface area contributed by atoms with Gasteiger partial charge in [-0.25, -0.2) is 8.42 Å². The van der Waals surface area contributed by atoms with Crippen molar-refractivity contribution >= 4 is 21.2 Å².